The molecule has 1 aliphatic rings. The highest BCUT2D eigenvalue weighted by atomic mass is 16.5. The Kier molecular flexibility index (Phi) is 4.50. The summed E-state index contributed by atoms with van der Waals surface area (Å²) in [5.41, 5.74) is 1.80. The standard InChI is InChI=1S/C17H20N4O3/c1-20(17(23)15-6-7-16(22)19-15)10-12-9-18-21(11-12)13-4-3-5-14(8-13)24-2/h3-5,8-9,11,15H,6-7,10H2,1-2H3,(H,19,22). The normalized spacial score (nSPS) is 16.8. The van der Waals surface area contributed by atoms with Crippen LogP contribution in [0.1, 0.15) is 18.4 Å². The van der Waals surface area contributed by atoms with Gasteiger partial charge in [-0.15, -0.1) is 0 Å². The van der Waals surface area contributed by atoms with Crippen molar-refractivity contribution >= 4 is 11.8 Å². The SMILES string of the molecule is COc1cccc(-n2cc(CN(C)C(=O)C3CCC(=O)N3)cn2)c1. The van der Waals surface area contributed by atoms with Gasteiger partial charge >= 0.3 is 0 Å². The number of carbonyl (C=O) groups is 2. The second-order valence-electron chi connectivity index (χ2n) is 5.85. The minimum absolute atomic E-state index is 0.0624. The number of likely N-dealkylation sites (N-methyl/N-ethyl adjacent to an activating group) is 1. The van der Waals surface area contributed by atoms with Crippen LogP contribution in [0.25, 0.3) is 5.69 Å². The zero-order chi connectivity index (χ0) is 17.1. The summed E-state index contributed by atoms with van der Waals surface area (Å²) in [4.78, 5) is 25.2. The van der Waals surface area contributed by atoms with Crippen molar-refractivity contribution in [3.8, 4) is 11.4 Å². The fourth-order valence-electron chi connectivity index (χ4n) is 2.75. The fourth-order valence-corrected chi connectivity index (χ4v) is 2.75. The van der Waals surface area contributed by atoms with E-state index in [1.807, 2.05) is 30.5 Å². The number of rotatable bonds is 5. The van der Waals surface area contributed by atoms with Gasteiger partial charge in [-0.2, -0.15) is 5.10 Å². The Hall–Kier alpha value is -2.83. The molecule has 1 atom stereocenters. The quantitative estimate of drug-likeness (QED) is 0.892. The molecule has 7 nitrogen and oxygen atoms in total. The second-order valence-corrected chi connectivity index (χ2v) is 5.85. The number of ether oxygens (including phenoxy) is 1. The zero-order valence-corrected chi connectivity index (χ0v) is 13.7. The van der Waals surface area contributed by atoms with E-state index in [1.165, 1.54) is 0 Å². The molecule has 1 aromatic carbocycles. The molecule has 0 saturated carbocycles. The average molecular weight is 328 g/mol. The minimum Gasteiger partial charge on any atom is -0.497 e. The van der Waals surface area contributed by atoms with Crippen molar-refractivity contribution in [1.29, 1.82) is 0 Å². The number of aromatic nitrogens is 2. The summed E-state index contributed by atoms with van der Waals surface area (Å²) >= 11 is 0. The van der Waals surface area contributed by atoms with Crippen LogP contribution in [0.3, 0.4) is 0 Å². The van der Waals surface area contributed by atoms with E-state index in [9.17, 15) is 9.59 Å². The first-order chi connectivity index (χ1) is 11.6. The van der Waals surface area contributed by atoms with E-state index in [-0.39, 0.29) is 11.8 Å². The molecular weight excluding hydrogens is 308 g/mol. The number of nitrogens with one attached hydrogen (secondary N) is 1. The number of nitrogens with zero attached hydrogens (tertiary/aromatic N) is 3. The van der Waals surface area contributed by atoms with Gasteiger partial charge in [0.05, 0.1) is 19.0 Å². The third-order valence-corrected chi connectivity index (χ3v) is 4.04. The van der Waals surface area contributed by atoms with Crippen molar-refractivity contribution in [2.45, 2.75) is 25.4 Å². The number of methoxy groups -OCH3 is 1. The number of amides is 2. The lowest BCUT2D eigenvalue weighted by Gasteiger charge is -2.20. The molecule has 3 rings (SSSR count). The molecule has 1 aromatic heterocycles. The molecule has 0 bridgehead atoms. The lowest BCUT2D eigenvalue weighted by atomic mass is 10.2. The maximum absolute atomic E-state index is 12.3. The van der Waals surface area contributed by atoms with Crippen LogP contribution < -0.4 is 10.1 Å². The molecule has 0 spiro atoms. The molecule has 0 radical (unpaired) electrons. The molecular formula is C17H20N4O3. The van der Waals surface area contributed by atoms with E-state index in [2.05, 4.69) is 10.4 Å². The first-order valence-corrected chi connectivity index (χ1v) is 7.79. The van der Waals surface area contributed by atoms with Crippen molar-refractivity contribution < 1.29 is 14.3 Å². The van der Waals surface area contributed by atoms with Crippen LogP contribution >= 0.6 is 0 Å². The Morgan fingerprint density at radius 3 is 3.04 bits per heavy atom. The van der Waals surface area contributed by atoms with E-state index in [1.54, 1.807) is 29.9 Å². The van der Waals surface area contributed by atoms with Crippen molar-refractivity contribution in [1.82, 2.24) is 20.0 Å². The van der Waals surface area contributed by atoms with Gasteiger partial charge in [-0.1, -0.05) is 6.07 Å². The average Bonchev–Trinajstić information content (AvgIpc) is 3.23. The van der Waals surface area contributed by atoms with Crippen LogP contribution in [-0.2, 0) is 16.1 Å². The molecule has 24 heavy (non-hydrogen) atoms. The first-order valence-electron chi connectivity index (χ1n) is 7.79. The fraction of sp³-hybridized carbons (Fsp3) is 0.353. The van der Waals surface area contributed by atoms with Gasteiger partial charge < -0.3 is 15.0 Å². The molecule has 126 valence electrons. The lowest BCUT2D eigenvalue weighted by molar-refractivity contribution is -0.133. The first kappa shape index (κ1) is 16.0. The van der Waals surface area contributed by atoms with Gasteiger partial charge in [-0.3, -0.25) is 9.59 Å². The molecule has 2 amide bonds. The largest absolute Gasteiger partial charge is 0.497 e. The van der Waals surface area contributed by atoms with E-state index < -0.39 is 6.04 Å². The van der Waals surface area contributed by atoms with Crippen LogP contribution in [0.15, 0.2) is 36.7 Å². The van der Waals surface area contributed by atoms with Gasteiger partial charge in [-0.25, -0.2) is 4.68 Å². The second kappa shape index (κ2) is 6.74. The Morgan fingerprint density at radius 1 is 1.50 bits per heavy atom. The summed E-state index contributed by atoms with van der Waals surface area (Å²) in [6, 6.07) is 7.18. The molecule has 1 N–H and O–H groups in total. The van der Waals surface area contributed by atoms with Crippen LogP contribution in [-0.4, -0.2) is 46.7 Å². The summed E-state index contributed by atoms with van der Waals surface area (Å²) < 4.78 is 6.96. The van der Waals surface area contributed by atoms with Crippen molar-refractivity contribution in [3.63, 3.8) is 0 Å². The number of hydrogen-bond acceptors (Lipinski definition) is 4. The van der Waals surface area contributed by atoms with Gasteiger partial charge in [-0.05, 0) is 18.6 Å². The van der Waals surface area contributed by atoms with Gasteiger partial charge in [0.1, 0.15) is 11.8 Å². The summed E-state index contributed by atoms with van der Waals surface area (Å²) in [6.07, 6.45) is 4.59. The molecule has 1 saturated heterocycles. The topological polar surface area (TPSA) is 76.5 Å². The van der Waals surface area contributed by atoms with Crippen molar-refractivity contribution in [2.75, 3.05) is 14.2 Å². The van der Waals surface area contributed by atoms with Crippen LogP contribution in [0.5, 0.6) is 5.75 Å². The van der Waals surface area contributed by atoms with Gasteiger partial charge in [0, 0.05) is 37.8 Å². The van der Waals surface area contributed by atoms with Gasteiger partial charge in [0.15, 0.2) is 0 Å². The van der Waals surface area contributed by atoms with Gasteiger partial charge in [0.25, 0.3) is 0 Å². The van der Waals surface area contributed by atoms with Crippen molar-refractivity contribution in [2.24, 2.45) is 0 Å². The molecule has 2 heterocycles. The lowest BCUT2D eigenvalue weighted by Crippen LogP contribution is -2.42. The highest BCUT2D eigenvalue weighted by Crippen LogP contribution is 2.17. The Bertz CT molecular complexity index is 756. The summed E-state index contributed by atoms with van der Waals surface area (Å²) in [5.74, 6) is 0.622. The molecule has 7 heteroatoms. The monoisotopic (exact) mass is 328 g/mol. The Balaban J connectivity index is 1.67. The maximum Gasteiger partial charge on any atom is 0.245 e. The van der Waals surface area contributed by atoms with E-state index >= 15 is 0 Å². The molecule has 1 fully saturated rings. The highest BCUT2D eigenvalue weighted by molar-refractivity contribution is 5.90. The summed E-state index contributed by atoms with van der Waals surface area (Å²) in [7, 11) is 3.35. The number of hydrogen-bond donors (Lipinski definition) is 1. The molecule has 2 aromatic rings. The predicted octanol–water partition coefficient (Wildman–Crippen LogP) is 1.12. The van der Waals surface area contributed by atoms with E-state index in [0.29, 0.717) is 19.4 Å². The summed E-state index contributed by atoms with van der Waals surface area (Å²) in [5, 5.41) is 7.04. The maximum atomic E-state index is 12.3. The summed E-state index contributed by atoms with van der Waals surface area (Å²) in [6.45, 7) is 0.440. The van der Waals surface area contributed by atoms with E-state index in [4.69, 9.17) is 4.74 Å². The molecule has 0 aliphatic carbocycles. The zero-order valence-electron chi connectivity index (χ0n) is 13.7. The number of benzene rings is 1. The molecule has 1 unspecified atom stereocenters. The third-order valence-electron chi connectivity index (χ3n) is 4.04. The highest BCUT2D eigenvalue weighted by Gasteiger charge is 2.29. The minimum atomic E-state index is -0.407. The van der Waals surface area contributed by atoms with Gasteiger partial charge in [0.2, 0.25) is 11.8 Å². The Morgan fingerprint density at radius 2 is 2.33 bits per heavy atom. The van der Waals surface area contributed by atoms with E-state index in [0.717, 1.165) is 17.0 Å². The third kappa shape index (κ3) is 3.40. The smallest absolute Gasteiger partial charge is 0.245 e. The van der Waals surface area contributed by atoms with Crippen LogP contribution in [0.2, 0.25) is 0 Å². The Labute approximate surface area is 140 Å². The number of carbonyl (C=O) groups excluding carboxylic acids is 2. The van der Waals surface area contributed by atoms with Crippen molar-refractivity contribution in [3.05, 3.63) is 42.2 Å². The predicted molar refractivity (Wildman–Crippen MR) is 87.8 cm³/mol. The van der Waals surface area contributed by atoms with Crippen LogP contribution in [0, 0.1) is 0 Å². The van der Waals surface area contributed by atoms with Crippen LogP contribution in [0.4, 0.5) is 0 Å². The molecule has 1 aliphatic heterocycles.